The second-order valence-corrected chi connectivity index (χ2v) is 10.6. The van der Waals surface area contributed by atoms with E-state index in [-0.39, 0.29) is 17.1 Å². The fraction of sp³-hybridized carbons (Fsp3) is 0.833. The van der Waals surface area contributed by atoms with Crippen LogP contribution in [-0.2, 0) is 9.47 Å². The minimum Gasteiger partial charge on any atom is -0.393 e. The van der Waals surface area contributed by atoms with Crippen LogP contribution in [0.15, 0.2) is 23.3 Å². The molecule has 0 aromatic heterocycles. The Kier molecular flexibility index (Phi) is 4.59. The Hall–Kier alpha value is -0.680. The Balaban J connectivity index is 1.46. The van der Waals surface area contributed by atoms with Crippen LogP contribution in [0.3, 0.4) is 0 Å². The van der Waals surface area contributed by atoms with E-state index >= 15 is 0 Å². The van der Waals surface area contributed by atoms with Crippen molar-refractivity contribution in [2.75, 3.05) is 13.2 Å². The SMILES string of the molecule is CC(C1OCCO1)[C@H]1CC[C@H]2C3=CC=C4C[C@@H](O)C[C@H](O)[C@]4(C)[C@H]3CC[C@]12C. The molecule has 0 amide bonds. The second kappa shape index (κ2) is 6.66. The standard InChI is InChI=1S/C24H36O4/c1-14(22-27-10-11-28-22)18-6-7-19-17-5-4-15-12-16(25)13-21(26)24(15,3)20(17)8-9-23(18,19)2/h4-5,14,16,18-22,25-26H,6-13H2,1-3H3/t14?,16-,18-,19+,20+,21+,23-,24+/m1/s1. The zero-order valence-corrected chi connectivity index (χ0v) is 17.6. The molecule has 1 aliphatic heterocycles. The Morgan fingerprint density at radius 2 is 1.79 bits per heavy atom. The smallest absolute Gasteiger partial charge is 0.160 e. The summed E-state index contributed by atoms with van der Waals surface area (Å²) < 4.78 is 11.7. The molecule has 4 nitrogen and oxygen atoms in total. The molecule has 1 heterocycles. The largest absolute Gasteiger partial charge is 0.393 e. The zero-order valence-electron chi connectivity index (χ0n) is 17.6. The van der Waals surface area contributed by atoms with Crippen molar-refractivity contribution < 1.29 is 19.7 Å². The topological polar surface area (TPSA) is 58.9 Å². The lowest BCUT2D eigenvalue weighted by Crippen LogP contribution is -2.52. The van der Waals surface area contributed by atoms with Crippen LogP contribution in [0.4, 0.5) is 0 Å². The summed E-state index contributed by atoms with van der Waals surface area (Å²) in [6.45, 7) is 8.53. The lowest BCUT2D eigenvalue weighted by molar-refractivity contribution is -0.113. The fourth-order valence-corrected chi connectivity index (χ4v) is 7.82. The number of rotatable bonds is 2. The molecule has 8 atom stereocenters. The van der Waals surface area contributed by atoms with E-state index in [2.05, 4.69) is 32.9 Å². The summed E-state index contributed by atoms with van der Waals surface area (Å²) in [6.07, 6.45) is 9.76. The van der Waals surface area contributed by atoms with E-state index in [9.17, 15) is 10.2 Å². The number of ether oxygens (including phenoxy) is 2. The minimum atomic E-state index is -0.447. The van der Waals surface area contributed by atoms with Crippen molar-refractivity contribution in [2.45, 2.75) is 77.8 Å². The van der Waals surface area contributed by atoms with Gasteiger partial charge in [0.25, 0.3) is 0 Å². The summed E-state index contributed by atoms with van der Waals surface area (Å²) in [7, 11) is 0. The van der Waals surface area contributed by atoms with Gasteiger partial charge in [-0.25, -0.2) is 0 Å². The van der Waals surface area contributed by atoms with Gasteiger partial charge in [0.05, 0.1) is 25.4 Å². The molecule has 3 saturated carbocycles. The van der Waals surface area contributed by atoms with Gasteiger partial charge in [0.1, 0.15) is 0 Å². The maximum atomic E-state index is 11.0. The van der Waals surface area contributed by atoms with Crippen LogP contribution in [0.1, 0.15) is 59.3 Å². The van der Waals surface area contributed by atoms with Gasteiger partial charge >= 0.3 is 0 Å². The Morgan fingerprint density at radius 1 is 1.04 bits per heavy atom. The number of hydrogen-bond donors (Lipinski definition) is 2. The van der Waals surface area contributed by atoms with Crippen molar-refractivity contribution in [3.8, 4) is 0 Å². The molecule has 0 radical (unpaired) electrons. The van der Waals surface area contributed by atoms with E-state index in [1.165, 1.54) is 24.8 Å². The highest BCUT2D eigenvalue weighted by Gasteiger charge is 2.59. The van der Waals surface area contributed by atoms with Crippen LogP contribution in [0.2, 0.25) is 0 Å². The molecule has 0 aromatic rings. The summed E-state index contributed by atoms with van der Waals surface area (Å²) >= 11 is 0. The van der Waals surface area contributed by atoms with Crippen LogP contribution >= 0.6 is 0 Å². The van der Waals surface area contributed by atoms with Gasteiger partial charge in [-0.2, -0.15) is 0 Å². The number of fused-ring (bicyclic) bond motifs is 5. The van der Waals surface area contributed by atoms with Crippen molar-refractivity contribution >= 4 is 0 Å². The van der Waals surface area contributed by atoms with Crippen molar-refractivity contribution in [1.29, 1.82) is 0 Å². The molecule has 5 rings (SSSR count). The van der Waals surface area contributed by atoms with Crippen LogP contribution < -0.4 is 0 Å². The summed E-state index contributed by atoms with van der Waals surface area (Å²) in [5.41, 5.74) is 2.91. The molecule has 4 fully saturated rings. The van der Waals surface area contributed by atoms with E-state index in [0.717, 1.165) is 19.6 Å². The fourth-order valence-electron chi connectivity index (χ4n) is 7.82. The molecule has 2 N–H and O–H groups in total. The summed E-state index contributed by atoms with van der Waals surface area (Å²) in [5, 5.41) is 21.2. The highest BCUT2D eigenvalue weighted by molar-refractivity contribution is 5.40. The van der Waals surface area contributed by atoms with Gasteiger partial charge in [-0.05, 0) is 55.3 Å². The number of aliphatic hydroxyl groups is 2. The molecule has 156 valence electrons. The maximum absolute atomic E-state index is 11.0. The quantitative estimate of drug-likeness (QED) is 0.755. The third-order valence-corrected chi connectivity index (χ3v) is 9.43. The number of allylic oxidation sites excluding steroid dienone is 3. The molecule has 4 heteroatoms. The van der Waals surface area contributed by atoms with Crippen LogP contribution in [0.25, 0.3) is 0 Å². The predicted molar refractivity (Wildman–Crippen MR) is 107 cm³/mol. The Labute approximate surface area is 169 Å². The van der Waals surface area contributed by atoms with Crippen LogP contribution in [0.5, 0.6) is 0 Å². The molecule has 5 aliphatic rings. The van der Waals surface area contributed by atoms with E-state index < -0.39 is 12.2 Å². The highest BCUT2D eigenvalue weighted by atomic mass is 16.7. The average molecular weight is 389 g/mol. The molecule has 28 heavy (non-hydrogen) atoms. The first-order chi connectivity index (χ1) is 13.4. The van der Waals surface area contributed by atoms with Crippen LogP contribution in [0, 0.1) is 34.5 Å². The van der Waals surface area contributed by atoms with Crippen molar-refractivity contribution in [2.24, 2.45) is 34.5 Å². The molecule has 1 saturated heterocycles. The first-order valence-electron chi connectivity index (χ1n) is 11.4. The van der Waals surface area contributed by atoms with E-state index in [4.69, 9.17) is 9.47 Å². The van der Waals surface area contributed by atoms with Crippen LogP contribution in [-0.4, -0.2) is 41.9 Å². The molecular formula is C24H36O4. The van der Waals surface area contributed by atoms with Gasteiger partial charge in [0, 0.05) is 17.8 Å². The molecule has 0 spiro atoms. The first kappa shape index (κ1) is 19.3. The van der Waals surface area contributed by atoms with Gasteiger partial charge < -0.3 is 19.7 Å². The lowest BCUT2D eigenvalue weighted by atomic mass is 9.49. The van der Waals surface area contributed by atoms with Gasteiger partial charge in [-0.3, -0.25) is 0 Å². The lowest BCUT2D eigenvalue weighted by Gasteiger charge is -2.56. The zero-order chi connectivity index (χ0) is 19.7. The van der Waals surface area contributed by atoms with Gasteiger partial charge in [0.15, 0.2) is 6.29 Å². The minimum absolute atomic E-state index is 0.0377. The van der Waals surface area contributed by atoms with Crippen molar-refractivity contribution in [3.05, 3.63) is 23.3 Å². The second-order valence-electron chi connectivity index (χ2n) is 10.6. The first-order valence-corrected chi connectivity index (χ1v) is 11.4. The Morgan fingerprint density at radius 3 is 2.54 bits per heavy atom. The maximum Gasteiger partial charge on any atom is 0.160 e. The molecule has 0 bridgehead atoms. The van der Waals surface area contributed by atoms with Gasteiger partial charge in [-0.15, -0.1) is 0 Å². The average Bonchev–Trinajstić information content (AvgIpc) is 3.30. The van der Waals surface area contributed by atoms with Gasteiger partial charge in [-0.1, -0.05) is 44.1 Å². The number of aliphatic hydroxyl groups excluding tert-OH is 2. The summed E-state index contributed by atoms with van der Waals surface area (Å²) in [4.78, 5) is 0. The van der Waals surface area contributed by atoms with E-state index in [1.54, 1.807) is 5.57 Å². The normalized spacial score (nSPS) is 49.7. The summed E-state index contributed by atoms with van der Waals surface area (Å²) in [5.74, 6) is 2.06. The van der Waals surface area contributed by atoms with Gasteiger partial charge in [0.2, 0.25) is 0 Å². The molecular weight excluding hydrogens is 352 g/mol. The van der Waals surface area contributed by atoms with E-state index in [0.29, 0.717) is 36.5 Å². The predicted octanol–water partition coefficient (Wildman–Crippen LogP) is 3.83. The molecule has 4 aliphatic carbocycles. The summed E-state index contributed by atoms with van der Waals surface area (Å²) in [6, 6.07) is 0. The third-order valence-electron chi connectivity index (χ3n) is 9.43. The Bertz CT molecular complexity index is 693. The molecule has 0 aromatic carbocycles. The highest BCUT2D eigenvalue weighted by Crippen LogP contribution is 2.66. The van der Waals surface area contributed by atoms with Crippen molar-refractivity contribution in [3.63, 3.8) is 0 Å². The monoisotopic (exact) mass is 388 g/mol. The molecule has 1 unspecified atom stereocenters. The van der Waals surface area contributed by atoms with Crippen molar-refractivity contribution in [1.82, 2.24) is 0 Å². The number of hydrogen-bond acceptors (Lipinski definition) is 4. The third kappa shape index (κ3) is 2.57. The van der Waals surface area contributed by atoms with E-state index in [1.807, 2.05) is 0 Å².